The smallest absolute Gasteiger partial charge is 0.230 e. The van der Waals surface area contributed by atoms with Gasteiger partial charge in [0.15, 0.2) is 9.84 Å². The number of rotatable bonds is 6. The van der Waals surface area contributed by atoms with E-state index in [0.29, 0.717) is 48.9 Å². The van der Waals surface area contributed by atoms with Crippen LogP contribution in [-0.2, 0) is 21.2 Å². The Morgan fingerprint density at radius 1 is 1.20 bits per heavy atom. The second-order valence-corrected chi connectivity index (χ2v) is 13.4. The third-order valence-corrected chi connectivity index (χ3v) is 11.2. The molecule has 0 saturated carbocycles. The van der Waals surface area contributed by atoms with Crippen molar-refractivity contribution < 1.29 is 17.6 Å². The van der Waals surface area contributed by atoms with Crippen LogP contribution in [0.25, 0.3) is 22.2 Å². The number of hydrogen-bond donors (Lipinski definition) is 1. The number of nitrogens with zero attached hydrogens (tertiary/aromatic N) is 4. The number of sulfone groups is 1. The van der Waals surface area contributed by atoms with Gasteiger partial charge in [-0.05, 0) is 67.4 Å². The molecule has 0 aliphatic carbocycles. The van der Waals surface area contributed by atoms with Crippen molar-refractivity contribution in [2.75, 3.05) is 30.7 Å². The van der Waals surface area contributed by atoms with Gasteiger partial charge < -0.3 is 14.8 Å². The highest BCUT2D eigenvalue weighted by atomic mass is 35.5. The molecule has 0 radical (unpaired) electrons. The molecule has 208 valence electrons. The van der Waals surface area contributed by atoms with E-state index in [1.807, 2.05) is 35.8 Å². The van der Waals surface area contributed by atoms with Crippen molar-refractivity contribution in [3.63, 3.8) is 0 Å². The predicted octanol–water partition coefficient (Wildman–Crippen LogP) is 4.78. The van der Waals surface area contributed by atoms with Crippen LogP contribution >= 0.6 is 11.6 Å². The van der Waals surface area contributed by atoms with Crippen LogP contribution in [0.5, 0.6) is 0 Å². The summed E-state index contributed by atoms with van der Waals surface area (Å²) in [6, 6.07) is 13.9. The van der Waals surface area contributed by atoms with E-state index in [2.05, 4.69) is 20.2 Å². The maximum absolute atomic E-state index is 13.7. The molecule has 2 fully saturated rings. The van der Waals surface area contributed by atoms with Gasteiger partial charge in [-0.25, -0.2) is 22.8 Å². The summed E-state index contributed by atoms with van der Waals surface area (Å²) in [5, 5.41) is 3.29. The van der Waals surface area contributed by atoms with Crippen LogP contribution in [0, 0.1) is 11.7 Å². The highest BCUT2D eigenvalue weighted by Crippen LogP contribution is 2.45. The predicted molar refractivity (Wildman–Crippen MR) is 153 cm³/mol. The van der Waals surface area contributed by atoms with E-state index in [1.165, 1.54) is 18.3 Å². The van der Waals surface area contributed by atoms with Crippen LogP contribution in [-0.4, -0.2) is 63.9 Å². The molecule has 40 heavy (non-hydrogen) atoms. The van der Waals surface area contributed by atoms with Gasteiger partial charge in [0, 0.05) is 24.8 Å². The van der Waals surface area contributed by atoms with Crippen LogP contribution in [0.3, 0.4) is 0 Å². The van der Waals surface area contributed by atoms with Gasteiger partial charge in [0.1, 0.15) is 11.6 Å². The van der Waals surface area contributed by atoms with Crippen molar-refractivity contribution in [1.82, 2.24) is 19.4 Å². The highest BCUT2D eigenvalue weighted by molar-refractivity contribution is 7.93. The molecule has 2 unspecified atom stereocenters. The summed E-state index contributed by atoms with van der Waals surface area (Å²) in [5.41, 5.74) is 3.90. The Morgan fingerprint density at radius 3 is 2.83 bits per heavy atom. The van der Waals surface area contributed by atoms with Gasteiger partial charge in [0.05, 0.1) is 38.8 Å². The maximum Gasteiger partial charge on any atom is 0.230 e. The number of pyridine rings is 1. The molecule has 1 spiro atoms. The molecule has 11 heteroatoms. The first kappa shape index (κ1) is 26.9. The molecule has 8 nitrogen and oxygen atoms in total. The number of carbonyl (C=O) groups excluding carboxylic acids is 1. The van der Waals surface area contributed by atoms with Gasteiger partial charge in [-0.15, -0.1) is 0 Å². The Labute approximate surface area is 237 Å². The second-order valence-electron chi connectivity index (χ2n) is 10.6. The van der Waals surface area contributed by atoms with E-state index >= 15 is 0 Å². The number of benzene rings is 2. The molecule has 2 saturated heterocycles. The zero-order valence-electron chi connectivity index (χ0n) is 22.0. The Bertz CT molecular complexity index is 1730. The summed E-state index contributed by atoms with van der Waals surface area (Å²) in [6.45, 7) is 4.25. The Hall–Kier alpha value is -3.34. The largest absolute Gasteiger partial charge is 0.326 e. The summed E-state index contributed by atoms with van der Waals surface area (Å²) in [7, 11) is -3.39. The fourth-order valence-corrected chi connectivity index (χ4v) is 8.75. The number of aromatic nitrogens is 3. The Kier molecular flexibility index (Phi) is 6.88. The molecular weight excluding hydrogens is 553 g/mol. The summed E-state index contributed by atoms with van der Waals surface area (Å²) >= 11 is 6.55. The van der Waals surface area contributed by atoms with Gasteiger partial charge in [0.2, 0.25) is 5.91 Å². The lowest BCUT2D eigenvalue weighted by Crippen LogP contribution is -2.47. The monoisotopic (exact) mass is 581 g/mol. The lowest BCUT2D eigenvalue weighted by Gasteiger charge is -2.29. The zero-order valence-corrected chi connectivity index (χ0v) is 23.6. The summed E-state index contributed by atoms with van der Waals surface area (Å²) in [6.07, 6.45) is 3.96. The molecule has 2 aliphatic rings. The molecule has 2 atom stereocenters. The van der Waals surface area contributed by atoms with Crippen LogP contribution in [0.2, 0.25) is 5.02 Å². The molecule has 1 N–H and O–H groups in total. The minimum absolute atomic E-state index is 0.0191. The van der Waals surface area contributed by atoms with Crippen molar-refractivity contribution in [2.24, 2.45) is 5.92 Å². The third-order valence-electron chi connectivity index (χ3n) is 8.32. The summed E-state index contributed by atoms with van der Waals surface area (Å²) in [4.78, 5) is 24.3. The number of hydrogen-bond acceptors (Lipinski definition) is 6. The number of imidazole rings is 1. The average molecular weight is 582 g/mol. The van der Waals surface area contributed by atoms with E-state index < -0.39 is 20.5 Å². The van der Waals surface area contributed by atoms with Crippen molar-refractivity contribution in [2.45, 2.75) is 31.1 Å². The van der Waals surface area contributed by atoms with Gasteiger partial charge in [0.25, 0.3) is 0 Å². The van der Waals surface area contributed by atoms with Crippen molar-refractivity contribution >= 4 is 44.2 Å². The van der Waals surface area contributed by atoms with Crippen molar-refractivity contribution in [3.8, 4) is 11.1 Å². The van der Waals surface area contributed by atoms with Crippen molar-refractivity contribution in [3.05, 3.63) is 77.5 Å². The van der Waals surface area contributed by atoms with Crippen LogP contribution < -0.4 is 5.32 Å². The van der Waals surface area contributed by atoms with Gasteiger partial charge in [-0.2, -0.15) is 0 Å². The molecule has 1 amide bonds. The Balaban J connectivity index is 1.28. The van der Waals surface area contributed by atoms with Gasteiger partial charge in [-0.1, -0.05) is 36.7 Å². The third kappa shape index (κ3) is 4.67. The minimum atomic E-state index is -3.39. The average Bonchev–Trinajstić information content (AvgIpc) is 3.61. The van der Waals surface area contributed by atoms with Crippen molar-refractivity contribution in [1.29, 1.82) is 0 Å². The van der Waals surface area contributed by atoms with E-state index in [0.717, 1.165) is 28.7 Å². The molecule has 2 aromatic heterocycles. The number of fused-ring (bicyclic) bond motifs is 1. The topological polar surface area (TPSA) is 97.2 Å². The molecule has 2 aliphatic heterocycles. The first-order chi connectivity index (χ1) is 19.2. The molecular formula is C29H29ClFN5O3S. The second kappa shape index (κ2) is 10.2. The maximum atomic E-state index is 13.7. The number of amides is 1. The fourth-order valence-electron chi connectivity index (χ4n) is 6.14. The van der Waals surface area contributed by atoms with E-state index in [-0.39, 0.29) is 17.5 Å². The van der Waals surface area contributed by atoms with E-state index in [1.54, 1.807) is 18.5 Å². The zero-order chi connectivity index (χ0) is 28.1. The SMILES string of the molecule is CCN1CCC2(C1)C(C(=O)Nc1cc(-c3ccc4ncn(Cc5cccc(F)c5)c4c3)c(Cl)cn1)CCS2(=O)=O. The van der Waals surface area contributed by atoms with Gasteiger partial charge >= 0.3 is 0 Å². The molecule has 4 heterocycles. The molecule has 2 aromatic carbocycles. The fraction of sp³-hybridized carbons (Fsp3) is 0.345. The number of halogens is 2. The standard InChI is InChI=1S/C29H29ClFN5O3S/c1-2-35-10-9-29(17-35)23(8-11-40(29,38)39)28(37)34-27-14-22(24(30)15-32-27)20-6-7-25-26(13-20)36(18-33-25)16-19-4-3-5-21(31)12-19/h3-7,12-15,18,23H,2,8-11,16-17H2,1H3,(H,32,34,37). The summed E-state index contributed by atoms with van der Waals surface area (Å²) < 4.78 is 40.8. The number of likely N-dealkylation sites (tertiary alicyclic amines) is 1. The minimum Gasteiger partial charge on any atom is -0.326 e. The Morgan fingerprint density at radius 2 is 2.05 bits per heavy atom. The normalized spacial score (nSPS) is 22.3. The number of anilines is 1. The van der Waals surface area contributed by atoms with Crippen LogP contribution in [0.15, 0.2) is 61.1 Å². The lowest BCUT2D eigenvalue weighted by atomic mass is 9.88. The molecule has 0 bridgehead atoms. The first-order valence-electron chi connectivity index (χ1n) is 13.3. The highest BCUT2D eigenvalue weighted by Gasteiger charge is 2.60. The molecule has 4 aromatic rings. The van der Waals surface area contributed by atoms with Gasteiger partial charge in [-0.3, -0.25) is 4.79 Å². The number of nitrogens with one attached hydrogen (secondary N) is 1. The molecule has 6 rings (SSSR count). The quantitative estimate of drug-likeness (QED) is 0.352. The van der Waals surface area contributed by atoms with E-state index in [4.69, 9.17) is 11.6 Å². The van der Waals surface area contributed by atoms with Crippen LogP contribution in [0.1, 0.15) is 25.3 Å². The first-order valence-corrected chi connectivity index (χ1v) is 15.3. The van der Waals surface area contributed by atoms with Crippen LogP contribution in [0.4, 0.5) is 10.2 Å². The van der Waals surface area contributed by atoms with E-state index in [9.17, 15) is 17.6 Å². The number of carbonyl (C=O) groups is 1. The lowest BCUT2D eigenvalue weighted by molar-refractivity contribution is -0.120. The summed E-state index contributed by atoms with van der Waals surface area (Å²) in [5.74, 6) is -0.933.